The van der Waals surface area contributed by atoms with Crippen LogP contribution in [0.5, 0.6) is 0 Å². The molecule has 0 aliphatic heterocycles. The summed E-state index contributed by atoms with van der Waals surface area (Å²) in [6.45, 7) is 13.9. The first kappa shape index (κ1) is 26.5. The van der Waals surface area contributed by atoms with Crippen molar-refractivity contribution in [2.75, 3.05) is 0 Å². The summed E-state index contributed by atoms with van der Waals surface area (Å²) in [6.07, 6.45) is 7.17. The third-order valence-corrected chi connectivity index (χ3v) is 2.69. The Morgan fingerprint density at radius 1 is 0.792 bits per heavy atom. The Morgan fingerprint density at radius 3 is 1.38 bits per heavy atom. The van der Waals surface area contributed by atoms with Crippen molar-refractivity contribution >= 4 is 17.9 Å². The third-order valence-electron chi connectivity index (χ3n) is 2.69. The average Bonchev–Trinajstić information content (AvgIpc) is 2.53. The normalized spacial score (nSPS) is 8.58. The molecular weight excluding hydrogens is 312 g/mol. The number of carboxylic acid groups (broad SMARTS) is 3. The van der Waals surface area contributed by atoms with Crippen LogP contribution < -0.4 is 0 Å². The molecule has 0 spiro atoms. The molecule has 0 aliphatic carbocycles. The van der Waals surface area contributed by atoms with Crippen molar-refractivity contribution in [1.29, 1.82) is 0 Å². The molecule has 24 heavy (non-hydrogen) atoms. The van der Waals surface area contributed by atoms with Crippen LogP contribution in [-0.4, -0.2) is 33.2 Å². The van der Waals surface area contributed by atoms with Crippen LogP contribution in [0.25, 0.3) is 0 Å². The number of carbonyl (C=O) groups is 3. The van der Waals surface area contributed by atoms with Gasteiger partial charge >= 0.3 is 17.9 Å². The van der Waals surface area contributed by atoms with Crippen molar-refractivity contribution in [3.63, 3.8) is 0 Å². The van der Waals surface area contributed by atoms with E-state index in [-0.39, 0.29) is 0 Å². The highest BCUT2D eigenvalue weighted by atomic mass is 16.4. The first-order valence-electron chi connectivity index (χ1n) is 7.81. The number of carboxylic acids is 3. The maximum atomic E-state index is 10.2. The van der Waals surface area contributed by atoms with Crippen LogP contribution in [0.15, 0.2) is 37.0 Å². The average molecular weight is 342 g/mol. The van der Waals surface area contributed by atoms with Gasteiger partial charge in [-0.2, -0.15) is 0 Å². The van der Waals surface area contributed by atoms with E-state index in [0.717, 1.165) is 38.2 Å². The highest BCUT2D eigenvalue weighted by Gasteiger charge is 2.01. The minimum Gasteiger partial charge on any atom is -0.478 e. The molecule has 6 nitrogen and oxygen atoms in total. The van der Waals surface area contributed by atoms with Gasteiger partial charge in [0.1, 0.15) is 0 Å². The van der Waals surface area contributed by atoms with E-state index in [0.29, 0.717) is 24.0 Å². The highest BCUT2D eigenvalue weighted by Crippen LogP contribution is 2.06. The summed E-state index contributed by atoms with van der Waals surface area (Å²) in [5, 5.41) is 24.3. The lowest BCUT2D eigenvalue weighted by Crippen LogP contribution is -1.98. The fourth-order valence-corrected chi connectivity index (χ4v) is 1.19. The highest BCUT2D eigenvalue weighted by molar-refractivity contribution is 5.86. The number of unbranched alkanes of at least 4 members (excludes halogenated alkanes) is 3. The predicted molar refractivity (Wildman–Crippen MR) is 95.1 cm³/mol. The molecule has 0 aliphatic rings. The van der Waals surface area contributed by atoms with Gasteiger partial charge in [-0.05, 0) is 25.7 Å². The summed E-state index contributed by atoms with van der Waals surface area (Å²) in [7, 11) is 0. The second kappa shape index (κ2) is 18.7. The maximum absolute atomic E-state index is 10.2. The standard InChI is InChI=1S/C8H14O2.C7H12O2.C3H4O2/c1-3-4-5-6-7(2)8(9)10;1-3-4-5-6(2)7(8)9;1-2-3(4)5/h2-6H2,1H3,(H,9,10);2-5H2,1H3,(H,8,9);2H,1H2,(H,4,5). The van der Waals surface area contributed by atoms with E-state index >= 15 is 0 Å². The van der Waals surface area contributed by atoms with Crippen molar-refractivity contribution in [3.8, 4) is 0 Å². The molecule has 0 aromatic heterocycles. The monoisotopic (exact) mass is 342 g/mol. The summed E-state index contributed by atoms with van der Waals surface area (Å²) in [6, 6.07) is 0. The van der Waals surface area contributed by atoms with Crippen molar-refractivity contribution in [3.05, 3.63) is 37.0 Å². The molecule has 6 heteroatoms. The summed E-state index contributed by atoms with van der Waals surface area (Å²) < 4.78 is 0. The summed E-state index contributed by atoms with van der Waals surface area (Å²) >= 11 is 0. The number of hydrogen-bond donors (Lipinski definition) is 3. The molecule has 0 bridgehead atoms. The molecule has 0 aromatic rings. The molecular formula is C18H30O6. The van der Waals surface area contributed by atoms with E-state index in [4.69, 9.17) is 15.3 Å². The largest absolute Gasteiger partial charge is 0.478 e. The van der Waals surface area contributed by atoms with Crippen LogP contribution in [0.2, 0.25) is 0 Å². The molecule has 0 fully saturated rings. The molecule has 0 radical (unpaired) electrons. The van der Waals surface area contributed by atoms with Gasteiger partial charge in [0.15, 0.2) is 0 Å². The summed E-state index contributed by atoms with van der Waals surface area (Å²) in [5.74, 6) is -2.72. The second-order valence-electron chi connectivity index (χ2n) is 4.92. The zero-order chi connectivity index (χ0) is 19.5. The number of aliphatic carboxylic acids is 3. The lowest BCUT2D eigenvalue weighted by molar-refractivity contribution is -0.133. The molecule has 138 valence electrons. The number of hydrogen-bond acceptors (Lipinski definition) is 3. The van der Waals surface area contributed by atoms with Crippen LogP contribution in [-0.2, 0) is 14.4 Å². The molecule has 0 atom stereocenters. The van der Waals surface area contributed by atoms with Gasteiger partial charge in [-0.25, -0.2) is 14.4 Å². The van der Waals surface area contributed by atoms with Crippen molar-refractivity contribution in [2.45, 2.75) is 58.8 Å². The Morgan fingerprint density at radius 2 is 1.12 bits per heavy atom. The molecule has 0 rings (SSSR count). The SMILES string of the molecule is C=C(CCCC)C(=O)O.C=C(CCCCC)C(=O)O.C=CC(=O)O. The van der Waals surface area contributed by atoms with Crippen LogP contribution in [0.4, 0.5) is 0 Å². The summed E-state index contributed by atoms with van der Waals surface area (Å²) in [4.78, 5) is 29.5. The van der Waals surface area contributed by atoms with Crippen molar-refractivity contribution < 1.29 is 29.7 Å². The fourth-order valence-electron chi connectivity index (χ4n) is 1.19. The molecule has 0 saturated carbocycles. The van der Waals surface area contributed by atoms with Gasteiger partial charge in [-0.3, -0.25) is 0 Å². The zero-order valence-corrected chi connectivity index (χ0v) is 14.7. The molecule has 0 amide bonds. The van der Waals surface area contributed by atoms with Crippen molar-refractivity contribution in [2.24, 2.45) is 0 Å². The van der Waals surface area contributed by atoms with Gasteiger partial charge in [0.05, 0.1) is 0 Å². The minimum atomic E-state index is -0.981. The predicted octanol–water partition coefficient (Wildman–Crippen LogP) is 4.28. The number of rotatable bonds is 10. The quantitative estimate of drug-likeness (QED) is 0.403. The summed E-state index contributed by atoms with van der Waals surface area (Å²) in [5.41, 5.74) is 0.644. The van der Waals surface area contributed by atoms with E-state index in [1.54, 1.807) is 0 Å². The van der Waals surface area contributed by atoms with E-state index in [1.165, 1.54) is 0 Å². The van der Waals surface area contributed by atoms with Crippen LogP contribution in [0.3, 0.4) is 0 Å². The Balaban J connectivity index is -0.000000291. The van der Waals surface area contributed by atoms with E-state index < -0.39 is 17.9 Å². The molecule has 0 saturated heterocycles. The minimum absolute atomic E-state index is 0.317. The van der Waals surface area contributed by atoms with Gasteiger partial charge in [-0.1, -0.05) is 52.8 Å². The lowest BCUT2D eigenvalue weighted by atomic mass is 10.1. The van der Waals surface area contributed by atoms with E-state index in [2.05, 4.69) is 26.7 Å². The Hall–Kier alpha value is -2.37. The fraction of sp³-hybridized carbons (Fsp3) is 0.500. The van der Waals surface area contributed by atoms with Gasteiger partial charge in [-0.15, -0.1) is 0 Å². The van der Waals surface area contributed by atoms with Gasteiger partial charge in [0.2, 0.25) is 0 Å². The zero-order valence-electron chi connectivity index (χ0n) is 14.7. The first-order chi connectivity index (χ1) is 11.1. The topological polar surface area (TPSA) is 112 Å². The lowest BCUT2D eigenvalue weighted by Gasteiger charge is -1.97. The maximum Gasteiger partial charge on any atom is 0.330 e. The second-order valence-corrected chi connectivity index (χ2v) is 4.92. The Kier molecular flexibility index (Phi) is 20.6. The van der Waals surface area contributed by atoms with Gasteiger partial charge in [0, 0.05) is 17.2 Å². The molecule has 0 aromatic carbocycles. The van der Waals surface area contributed by atoms with Gasteiger partial charge < -0.3 is 15.3 Å². The van der Waals surface area contributed by atoms with Crippen molar-refractivity contribution in [1.82, 2.24) is 0 Å². The molecule has 0 heterocycles. The Bertz CT molecular complexity index is 423. The molecule has 0 unspecified atom stereocenters. The first-order valence-corrected chi connectivity index (χ1v) is 7.81. The Labute approximate surface area is 144 Å². The van der Waals surface area contributed by atoms with Crippen LogP contribution >= 0.6 is 0 Å². The smallest absolute Gasteiger partial charge is 0.330 e. The van der Waals surface area contributed by atoms with Gasteiger partial charge in [0.25, 0.3) is 0 Å². The van der Waals surface area contributed by atoms with E-state index in [1.807, 2.05) is 6.92 Å². The molecule has 3 N–H and O–H groups in total. The third kappa shape index (κ3) is 24.6. The van der Waals surface area contributed by atoms with Crippen LogP contribution in [0, 0.1) is 0 Å². The van der Waals surface area contributed by atoms with Crippen LogP contribution in [0.1, 0.15) is 58.8 Å². The van der Waals surface area contributed by atoms with E-state index in [9.17, 15) is 14.4 Å².